The summed E-state index contributed by atoms with van der Waals surface area (Å²) in [6.45, 7) is 1.97. The van der Waals surface area contributed by atoms with Crippen molar-refractivity contribution in [3.8, 4) is 17.1 Å². The van der Waals surface area contributed by atoms with Crippen molar-refractivity contribution in [2.75, 3.05) is 13.7 Å². The van der Waals surface area contributed by atoms with Crippen molar-refractivity contribution >= 4 is 0 Å². The van der Waals surface area contributed by atoms with Gasteiger partial charge in [-0.25, -0.2) is 0 Å². The third-order valence-electron chi connectivity index (χ3n) is 2.60. The van der Waals surface area contributed by atoms with Crippen LogP contribution < -0.4 is 10.5 Å². The van der Waals surface area contributed by atoms with Crippen molar-refractivity contribution in [2.45, 2.75) is 13.0 Å². The van der Waals surface area contributed by atoms with Gasteiger partial charge in [-0.15, -0.1) is 0 Å². The number of aliphatic hydroxyl groups is 1. The molecule has 0 saturated heterocycles. The van der Waals surface area contributed by atoms with Gasteiger partial charge in [0.15, 0.2) is 0 Å². The maximum atomic E-state index is 9.49. The molecule has 0 saturated carbocycles. The maximum absolute atomic E-state index is 9.49. The fourth-order valence-corrected chi connectivity index (χ4v) is 1.61. The van der Waals surface area contributed by atoms with Gasteiger partial charge in [0.2, 0.25) is 5.82 Å². The Hall–Kier alpha value is -1.92. The monoisotopic (exact) mass is 249 g/mol. The lowest BCUT2D eigenvalue weighted by atomic mass is 10.1. The van der Waals surface area contributed by atoms with Gasteiger partial charge in [-0.2, -0.15) is 4.98 Å². The average molecular weight is 249 g/mol. The van der Waals surface area contributed by atoms with Crippen LogP contribution >= 0.6 is 0 Å². The number of hydrogen-bond donors (Lipinski definition) is 2. The molecule has 0 aliphatic rings. The van der Waals surface area contributed by atoms with E-state index < -0.39 is 6.10 Å². The van der Waals surface area contributed by atoms with Crippen LogP contribution in [0.2, 0.25) is 0 Å². The lowest BCUT2D eigenvalue weighted by Crippen LogP contribution is -2.11. The van der Waals surface area contributed by atoms with Crippen LogP contribution in [0.1, 0.15) is 17.6 Å². The Bertz CT molecular complexity index is 539. The van der Waals surface area contributed by atoms with E-state index in [1.54, 1.807) is 7.11 Å². The van der Waals surface area contributed by atoms with E-state index in [4.69, 9.17) is 15.0 Å². The van der Waals surface area contributed by atoms with Gasteiger partial charge in [0.05, 0.1) is 7.11 Å². The first-order valence-electron chi connectivity index (χ1n) is 5.52. The number of hydrogen-bond acceptors (Lipinski definition) is 6. The summed E-state index contributed by atoms with van der Waals surface area (Å²) in [5.74, 6) is 1.34. The second-order valence-electron chi connectivity index (χ2n) is 3.89. The second-order valence-corrected chi connectivity index (χ2v) is 3.89. The smallest absolute Gasteiger partial charge is 0.257 e. The molecule has 0 bridgehead atoms. The molecule has 1 atom stereocenters. The van der Waals surface area contributed by atoms with Gasteiger partial charge in [-0.05, 0) is 30.7 Å². The molecule has 1 aromatic heterocycles. The van der Waals surface area contributed by atoms with Crippen molar-refractivity contribution in [2.24, 2.45) is 5.73 Å². The molecular weight excluding hydrogens is 234 g/mol. The van der Waals surface area contributed by atoms with Crippen molar-refractivity contribution in [3.05, 3.63) is 29.7 Å². The molecule has 6 nitrogen and oxygen atoms in total. The maximum Gasteiger partial charge on any atom is 0.257 e. The van der Waals surface area contributed by atoms with Crippen LogP contribution in [-0.2, 0) is 0 Å². The molecule has 1 aromatic carbocycles. The summed E-state index contributed by atoms with van der Waals surface area (Å²) in [6, 6.07) is 5.55. The second kappa shape index (κ2) is 5.16. The van der Waals surface area contributed by atoms with Gasteiger partial charge < -0.3 is 20.1 Å². The lowest BCUT2D eigenvalue weighted by molar-refractivity contribution is 0.141. The number of ether oxygens (including phenoxy) is 1. The quantitative estimate of drug-likeness (QED) is 0.840. The van der Waals surface area contributed by atoms with E-state index in [9.17, 15) is 5.11 Å². The number of rotatable bonds is 4. The van der Waals surface area contributed by atoms with Gasteiger partial charge in [0.25, 0.3) is 5.89 Å². The molecule has 18 heavy (non-hydrogen) atoms. The molecule has 1 unspecified atom stereocenters. The van der Waals surface area contributed by atoms with Gasteiger partial charge in [-0.1, -0.05) is 5.16 Å². The number of aryl methyl sites for hydroxylation is 1. The van der Waals surface area contributed by atoms with E-state index in [1.807, 2.05) is 25.1 Å². The minimum absolute atomic E-state index is 0.0449. The fourth-order valence-electron chi connectivity index (χ4n) is 1.61. The molecule has 3 N–H and O–H groups in total. The van der Waals surface area contributed by atoms with Crippen LogP contribution in [0.25, 0.3) is 11.4 Å². The third kappa shape index (κ3) is 2.34. The van der Waals surface area contributed by atoms with Gasteiger partial charge in [0.1, 0.15) is 11.9 Å². The predicted molar refractivity (Wildman–Crippen MR) is 65.0 cm³/mol. The standard InChI is InChI=1S/C12H15N3O3/c1-7-5-8(3-4-10(7)17-2)11-14-12(18-15-11)9(16)6-13/h3-5,9,16H,6,13H2,1-2H3. The highest BCUT2D eigenvalue weighted by Crippen LogP contribution is 2.24. The van der Waals surface area contributed by atoms with E-state index >= 15 is 0 Å². The lowest BCUT2D eigenvalue weighted by Gasteiger charge is -2.04. The summed E-state index contributed by atoms with van der Waals surface area (Å²) in [4.78, 5) is 4.10. The topological polar surface area (TPSA) is 94.4 Å². The summed E-state index contributed by atoms with van der Waals surface area (Å²) < 4.78 is 10.1. The van der Waals surface area contributed by atoms with Crippen LogP contribution in [0.5, 0.6) is 5.75 Å². The summed E-state index contributed by atoms with van der Waals surface area (Å²) in [5.41, 5.74) is 7.09. The highest BCUT2D eigenvalue weighted by molar-refractivity contribution is 5.58. The normalized spacial score (nSPS) is 12.4. The first kappa shape index (κ1) is 12.5. The Morgan fingerprint density at radius 1 is 1.50 bits per heavy atom. The van der Waals surface area contributed by atoms with Gasteiger partial charge in [0, 0.05) is 12.1 Å². The molecule has 0 aliphatic carbocycles. The Morgan fingerprint density at radius 3 is 2.89 bits per heavy atom. The summed E-state index contributed by atoms with van der Waals surface area (Å²) >= 11 is 0. The van der Waals surface area contributed by atoms with E-state index in [0.717, 1.165) is 16.9 Å². The molecule has 0 spiro atoms. The highest BCUT2D eigenvalue weighted by Gasteiger charge is 2.15. The molecule has 0 amide bonds. The number of aliphatic hydroxyl groups excluding tert-OH is 1. The van der Waals surface area contributed by atoms with Crippen LogP contribution in [0.4, 0.5) is 0 Å². The van der Waals surface area contributed by atoms with Crippen LogP contribution in [0, 0.1) is 6.92 Å². The molecule has 1 heterocycles. The Labute approximate surface area is 104 Å². The predicted octanol–water partition coefficient (Wildman–Crippen LogP) is 1.05. The average Bonchev–Trinajstić information content (AvgIpc) is 2.87. The van der Waals surface area contributed by atoms with E-state index in [-0.39, 0.29) is 12.4 Å². The van der Waals surface area contributed by atoms with Gasteiger partial charge in [-0.3, -0.25) is 0 Å². The van der Waals surface area contributed by atoms with Crippen molar-refractivity contribution in [1.29, 1.82) is 0 Å². The Balaban J connectivity index is 2.31. The SMILES string of the molecule is COc1ccc(-c2noc(C(O)CN)n2)cc1C. The molecular formula is C12H15N3O3. The number of nitrogens with zero attached hydrogens (tertiary/aromatic N) is 2. The van der Waals surface area contributed by atoms with E-state index in [2.05, 4.69) is 10.1 Å². The zero-order chi connectivity index (χ0) is 13.1. The molecule has 2 aromatic rings. The largest absolute Gasteiger partial charge is 0.496 e. The third-order valence-corrected chi connectivity index (χ3v) is 2.60. The zero-order valence-corrected chi connectivity index (χ0v) is 10.3. The minimum atomic E-state index is -0.925. The first-order valence-corrected chi connectivity index (χ1v) is 5.52. The molecule has 0 aliphatic heterocycles. The molecule has 0 radical (unpaired) electrons. The van der Waals surface area contributed by atoms with E-state index in [0.29, 0.717) is 5.82 Å². The number of methoxy groups -OCH3 is 1. The molecule has 96 valence electrons. The first-order chi connectivity index (χ1) is 8.65. The summed E-state index contributed by atoms with van der Waals surface area (Å²) in [7, 11) is 1.62. The van der Waals surface area contributed by atoms with Crippen LogP contribution in [-0.4, -0.2) is 28.9 Å². The number of nitrogens with two attached hydrogens (primary N) is 1. The zero-order valence-electron chi connectivity index (χ0n) is 10.3. The number of benzene rings is 1. The Morgan fingerprint density at radius 2 is 2.28 bits per heavy atom. The summed E-state index contributed by atoms with van der Waals surface area (Å²) in [6.07, 6.45) is -0.925. The molecule has 2 rings (SSSR count). The molecule has 6 heteroatoms. The minimum Gasteiger partial charge on any atom is -0.496 e. The van der Waals surface area contributed by atoms with Crippen molar-refractivity contribution < 1.29 is 14.4 Å². The van der Waals surface area contributed by atoms with Crippen LogP contribution in [0.3, 0.4) is 0 Å². The molecule has 0 fully saturated rings. The van der Waals surface area contributed by atoms with E-state index in [1.165, 1.54) is 0 Å². The van der Waals surface area contributed by atoms with Crippen LogP contribution in [0.15, 0.2) is 22.7 Å². The number of aromatic nitrogens is 2. The highest BCUT2D eigenvalue weighted by atomic mass is 16.5. The van der Waals surface area contributed by atoms with Crippen molar-refractivity contribution in [1.82, 2.24) is 10.1 Å². The van der Waals surface area contributed by atoms with Crippen molar-refractivity contribution in [3.63, 3.8) is 0 Å². The van der Waals surface area contributed by atoms with Gasteiger partial charge >= 0.3 is 0 Å². The summed E-state index contributed by atoms with van der Waals surface area (Å²) in [5, 5.41) is 13.3. The fraction of sp³-hybridized carbons (Fsp3) is 0.333. The Kier molecular flexibility index (Phi) is 3.59.